The number of carbonyl (C=O) groups excluding carboxylic acids is 2. The molecule has 0 bridgehead atoms. The summed E-state index contributed by atoms with van der Waals surface area (Å²) in [4.78, 5) is 35.9. The first-order valence-corrected chi connectivity index (χ1v) is 7.19. The molecule has 1 aromatic heterocycles. The molecule has 0 aliphatic heterocycles. The highest BCUT2D eigenvalue weighted by molar-refractivity contribution is 6.00. The largest absolute Gasteiger partial charge is 0.479 e. The maximum atomic E-state index is 12.4. The van der Waals surface area contributed by atoms with Gasteiger partial charge in [0.25, 0.3) is 11.6 Å². The van der Waals surface area contributed by atoms with Crippen LogP contribution < -0.4 is 10.1 Å². The van der Waals surface area contributed by atoms with E-state index in [1.165, 1.54) is 54.2 Å². The molecule has 0 unspecified atom stereocenters. The van der Waals surface area contributed by atoms with Crippen molar-refractivity contribution in [3.63, 3.8) is 0 Å². The molecule has 0 aliphatic rings. The molecule has 132 valence electrons. The number of aryl methyl sites for hydroxylation is 1. The minimum absolute atomic E-state index is 0.137. The van der Waals surface area contributed by atoms with Crippen molar-refractivity contribution < 1.29 is 19.2 Å². The molecule has 2 rings (SSSR count). The van der Waals surface area contributed by atoms with Crippen molar-refractivity contribution in [2.24, 2.45) is 7.05 Å². The molecule has 0 aliphatic carbocycles. The van der Waals surface area contributed by atoms with Crippen molar-refractivity contribution in [3.8, 4) is 5.88 Å². The van der Waals surface area contributed by atoms with Crippen molar-refractivity contribution in [1.29, 1.82) is 0 Å². The molecular formula is C15H17N5O5. The van der Waals surface area contributed by atoms with Gasteiger partial charge in [-0.05, 0) is 6.07 Å². The Morgan fingerprint density at radius 2 is 2.16 bits per heavy atom. The maximum absolute atomic E-state index is 12.4. The van der Waals surface area contributed by atoms with E-state index in [9.17, 15) is 19.7 Å². The van der Waals surface area contributed by atoms with E-state index < -0.39 is 16.7 Å². The number of hydrogen-bond acceptors (Lipinski definition) is 6. The highest BCUT2D eigenvalue weighted by atomic mass is 16.6. The van der Waals surface area contributed by atoms with Gasteiger partial charge in [0.1, 0.15) is 5.56 Å². The van der Waals surface area contributed by atoms with Crippen molar-refractivity contribution in [3.05, 3.63) is 46.1 Å². The average molecular weight is 347 g/mol. The Bertz CT molecular complexity index is 816. The summed E-state index contributed by atoms with van der Waals surface area (Å²) in [7, 11) is 4.50. The van der Waals surface area contributed by atoms with Crippen molar-refractivity contribution in [2.75, 3.05) is 26.0 Å². The van der Waals surface area contributed by atoms with Crippen LogP contribution in [0.3, 0.4) is 0 Å². The van der Waals surface area contributed by atoms with Gasteiger partial charge in [-0.3, -0.25) is 24.4 Å². The van der Waals surface area contributed by atoms with Crippen LogP contribution in [0.25, 0.3) is 0 Å². The van der Waals surface area contributed by atoms with Crippen LogP contribution in [0.1, 0.15) is 10.4 Å². The molecule has 25 heavy (non-hydrogen) atoms. The molecule has 10 heteroatoms. The van der Waals surface area contributed by atoms with Gasteiger partial charge in [0.05, 0.1) is 18.6 Å². The number of hydrogen-bond donors (Lipinski definition) is 1. The van der Waals surface area contributed by atoms with Gasteiger partial charge in [0.15, 0.2) is 0 Å². The third kappa shape index (κ3) is 4.31. The Balaban J connectivity index is 2.03. The standard InChI is InChI=1S/C15H17N5O5/c1-18(15(22)12-8-19(2)17-14(12)25-3)9-13(21)16-10-5-4-6-11(7-10)20(23)24/h4-8H,9H2,1-3H3,(H,16,21). The number of nitrogens with zero attached hydrogens (tertiary/aromatic N) is 4. The lowest BCUT2D eigenvalue weighted by atomic mass is 10.2. The third-order valence-corrected chi connectivity index (χ3v) is 3.29. The number of non-ortho nitro benzene ring substituents is 1. The van der Waals surface area contributed by atoms with Crippen LogP contribution in [-0.4, -0.2) is 52.1 Å². The van der Waals surface area contributed by atoms with E-state index in [1.54, 1.807) is 7.05 Å². The predicted molar refractivity (Wildman–Crippen MR) is 88.4 cm³/mol. The monoisotopic (exact) mass is 347 g/mol. The predicted octanol–water partition coefficient (Wildman–Crippen LogP) is 1.05. The molecule has 2 amide bonds. The number of nitro benzene ring substituents is 1. The van der Waals surface area contributed by atoms with Crippen LogP contribution in [0.5, 0.6) is 5.88 Å². The first-order chi connectivity index (χ1) is 11.8. The molecule has 0 spiro atoms. The Hall–Kier alpha value is -3.43. The normalized spacial score (nSPS) is 10.2. The Kier molecular flexibility index (Phi) is 5.32. The number of nitro groups is 1. The fraction of sp³-hybridized carbons (Fsp3) is 0.267. The van der Waals surface area contributed by atoms with Crippen molar-refractivity contribution >= 4 is 23.2 Å². The lowest BCUT2D eigenvalue weighted by Gasteiger charge is -2.16. The van der Waals surface area contributed by atoms with Crippen molar-refractivity contribution in [2.45, 2.75) is 0 Å². The number of anilines is 1. The molecule has 0 atom stereocenters. The van der Waals surface area contributed by atoms with Gasteiger partial charge in [-0.25, -0.2) is 0 Å². The fourth-order valence-corrected chi connectivity index (χ4v) is 2.16. The molecule has 1 N–H and O–H groups in total. The van der Waals surface area contributed by atoms with E-state index in [0.29, 0.717) is 0 Å². The summed E-state index contributed by atoms with van der Waals surface area (Å²) in [6, 6.07) is 5.55. The number of carbonyl (C=O) groups is 2. The van der Waals surface area contributed by atoms with Gasteiger partial charge in [0.2, 0.25) is 11.8 Å². The van der Waals surface area contributed by atoms with Crippen LogP contribution in [0, 0.1) is 10.1 Å². The van der Waals surface area contributed by atoms with E-state index in [0.717, 1.165) is 0 Å². The number of nitrogens with one attached hydrogen (secondary N) is 1. The summed E-state index contributed by atoms with van der Waals surface area (Å²) in [5.41, 5.74) is 0.372. The topological polar surface area (TPSA) is 120 Å². The quantitative estimate of drug-likeness (QED) is 0.616. The van der Waals surface area contributed by atoms with Gasteiger partial charge in [0, 0.05) is 38.1 Å². The first-order valence-electron chi connectivity index (χ1n) is 7.19. The zero-order valence-corrected chi connectivity index (χ0v) is 13.9. The summed E-state index contributed by atoms with van der Waals surface area (Å²) in [5, 5.41) is 17.3. The van der Waals surface area contributed by atoms with E-state index in [4.69, 9.17) is 4.74 Å². The lowest BCUT2D eigenvalue weighted by molar-refractivity contribution is -0.384. The number of ether oxygens (including phenoxy) is 1. The lowest BCUT2D eigenvalue weighted by Crippen LogP contribution is -2.35. The molecule has 0 fully saturated rings. The summed E-state index contributed by atoms with van der Waals surface area (Å²) in [6.45, 7) is -0.237. The summed E-state index contributed by atoms with van der Waals surface area (Å²) < 4.78 is 6.46. The highest BCUT2D eigenvalue weighted by Crippen LogP contribution is 2.18. The number of methoxy groups -OCH3 is 1. The van der Waals surface area contributed by atoms with Crippen molar-refractivity contribution in [1.82, 2.24) is 14.7 Å². The minimum Gasteiger partial charge on any atom is -0.479 e. The van der Waals surface area contributed by atoms with Gasteiger partial charge >= 0.3 is 0 Å². The number of amides is 2. The third-order valence-electron chi connectivity index (χ3n) is 3.29. The van der Waals surface area contributed by atoms with Gasteiger partial charge in [-0.15, -0.1) is 5.10 Å². The van der Waals surface area contributed by atoms with Gasteiger partial charge < -0.3 is 15.0 Å². The molecule has 2 aromatic rings. The molecule has 1 heterocycles. The summed E-state index contributed by atoms with van der Waals surface area (Å²) in [5.74, 6) is -0.753. The second-order valence-electron chi connectivity index (χ2n) is 5.24. The molecule has 0 saturated carbocycles. The fourth-order valence-electron chi connectivity index (χ4n) is 2.16. The SMILES string of the molecule is COc1nn(C)cc1C(=O)N(C)CC(=O)Nc1cccc([N+](=O)[O-])c1. The van der Waals surface area contributed by atoms with E-state index in [-0.39, 0.29) is 29.4 Å². The zero-order valence-electron chi connectivity index (χ0n) is 13.9. The van der Waals surface area contributed by atoms with Gasteiger partial charge in [-0.1, -0.05) is 6.07 Å². The van der Waals surface area contributed by atoms with E-state index in [2.05, 4.69) is 10.4 Å². The maximum Gasteiger partial charge on any atom is 0.271 e. The highest BCUT2D eigenvalue weighted by Gasteiger charge is 2.21. The molecular weight excluding hydrogens is 330 g/mol. The second kappa shape index (κ2) is 7.43. The van der Waals surface area contributed by atoms with E-state index in [1.807, 2.05) is 0 Å². The van der Waals surface area contributed by atoms with Crippen LogP contribution in [0.15, 0.2) is 30.5 Å². The van der Waals surface area contributed by atoms with Gasteiger partial charge in [-0.2, -0.15) is 0 Å². The molecule has 10 nitrogen and oxygen atoms in total. The number of aromatic nitrogens is 2. The average Bonchev–Trinajstić information content (AvgIpc) is 2.95. The Morgan fingerprint density at radius 1 is 1.44 bits per heavy atom. The smallest absolute Gasteiger partial charge is 0.271 e. The van der Waals surface area contributed by atoms with Crippen LogP contribution >= 0.6 is 0 Å². The first kappa shape index (κ1) is 17.9. The number of benzene rings is 1. The number of rotatable bonds is 6. The molecule has 0 radical (unpaired) electrons. The zero-order chi connectivity index (χ0) is 18.6. The number of likely N-dealkylation sites (N-methyl/N-ethyl adjacent to an activating group) is 1. The van der Waals surface area contributed by atoms with Crippen LogP contribution in [-0.2, 0) is 11.8 Å². The molecule has 1 aromatic carbocycles. The van der Waals surface area contributed by atoms with Crippen LogP contribution in [0.4, 0.5) is 11.4 Å². The minimum atomic E-state index is -0.556. The summed E-state index contributed by atoms with van der Waals surface area (Å²) >= 11 is 0. The van der Waals surface area contributed by atoms with E-state index >= 15 is 0 Å². The van der Waals surface area contributed by atoms with Crippen LogP contribution in [0.2, 0.25) is 0 Å². The molecule has 0 saturated heterocycles. The Labute approximate surface area is 143 Å². The second-order valence-corrected chi connectivity index (χ2v) is 5.24. The summed E-state index contributed by atoms with van der Waals surface area (Å²) in [6.07, 6.45) is 1.50. The Morgan fingerprint density at radius 3 is 2.80 bits per heavy atom.